The Balaban J connectivity index is 2.30. The lowest BCUT2D eigenvalue weighted by atomic mass is 10.2. The van der Waals surface area contributed by atoms with E-state index in [2.05, 4.69) is 4.72 Å². The van der Waals surface area contributed by atoms with Gasteiger partial charge in [-0.15, -0.1) is 0 Å². The zero-order chi connectivity index (χ0) is 15.6. The van der Waals surface area contributed by atoms with E-state index in [9.17, 15) is 12.8 Å². The lowest BCUT2D eigenvalue weighted by Gasteiger charge is -2.10. The summed E-state index contributed by atoms with van der Waals surface area (Å²) in [6, 6.07) is 8.88. The smallest absolute Gasteiger partial charge is 0.243 e. The molecule has 0 aromatic heterocycles. The summed E-state index contributed by atoms with van der Waals surface area (Å²) >= 11 is 11.5. The summed E-state index contributed by atoms with van der Waals surface area (Å²) in [4.78, 5) is -0.598. The molecule has 0 fully saturated rings. The number of hydrogen-bond donors (Lipinski definition) is 2. The second kappa shape index (κ2) is 6.19. The van der Waals surface area contributed by atoms with E-state index in [-0.39, 0.29) is 17.3 Å². The average molecular weight is 349 g/mol. The molecule has 112 valence electrons. The molecule has 0 saturated heterocycles. The molecule has 8 heteroatoms. The van der Waals surface area contributed by atoms with Crippen molar-refractivity contribution in [2.75, 3.05) is 5.73 Å². The zero-order valence-corrected chi connectivity index (χ0v) is 12.9. The minimum atomic E-state index is -4.10. The molecular formula is C13H11Cl2FN2O2S. The molecule has 0 aliphatic rings. The maximum absolute atomic E-state index is 13.8. The number of sulfonamides is 1. The van der Waals surface area contributed by atoms with Crippen molar-refractivity contribution in [2.45, 2.75) is 11.4 Å². The van der Waals surface area contributed by atoms with Crippen molar-refractivity contribution < 1.29 is 12.8 Å². The Morgan fingerprint density at radius 1 is 1.14 bits per heavy atom. The van der Waals surface area contributed by atoms with Crippen LogP contribution in [-0.2, 0) is 16.6 Å². The molecule has 3 N–H and O–H groups in total. The van der Waals surface area contributed by atoms with Gasteiger partial charge in [0.25, 0.3) is 0 Å². The molecule has 0 atom stereocenters. The number of halogens is 3. The van der Waals surface area contributed by atoms with Crippen LogP contribution in [0.2, 0.25) is 10.0 Å². The molecule has 0 aliphatic heterocycles. The van der Waals surface area contributed by atoms with E-state index in [0.717, 1.165) is 12.1 Å². The minimum Gasteiger partial charge on any atom is -0.399 e. The third-order valence-corrected chi connectivity index (χ3v) is 4.76. The summed E-state index contributed by atoms with van der Waals surface area (Å²) in [5.41, 5.74) is 6.11. The molecule has 0 radical (unpaired) electrons. The van der Waals surface area contributed by atoms with Crippen LogP contribution in [-0.4, -0.2) is 8.42 Å². The molecule has 0 heterocycles. The van der Waals surface area contributed by atoms with E-state index in [1.54, 1.807) is 24.3 Å². The predicted octanol–water partition coefficient (Wildman–Crippen LogP) is 3.19. The van der Waals surface area contributed by atoms with Crippen molar-refractivity contribution in [3.8, 4) is 0 Å². The van der Waals surface area contributed by atoms with E-state index < -0.39 is 20.7 Å². The Bertz CT molecular complexity index is 782. The van der Waals surface area contributed by atoms with Gasteiger partial charge in [-0.1, -0.05) is 41.4 Å². The first-order valence-electron chi connectivity index (χ1n) is 5.79. The zero-order valence-electron chi connectivity index (χ0n) is 10.6. The molecule has 0 bridgehead atoms. The second-order valence-electron chi connectivity index (χ2n) is 4.23. The molecule has 0 aliphatic carbocycles. The number of anilines is 1. The quantitative estimate of drug-likeness (QED) is 0.833. The molecule has 21 heavy (non-hydrogen) atoms. The SMILES string of the molecule is Nc1cc(Cl)c(F)c(S(=O)(=O)NCc2ccccc2Cl)c1. The molecule has 2 aromatic carbocycles. The highest BCUT2D eigenvalue weighted by atomic mass is 35.5. The maximum Gasteiger partial charge on any atom is 0.243 e. The number of rotatable bonds is 4. The highest BCUT2D eigenvalue weighted by Gasteiger charge is 2.22. The Kier molecular flexibility index (Phi) is 4.73. The Morgan fingerprint density at radius 2 is 1.81 bits per heavy atom. The van der Waals surface area contributed by atoms with Gasteiger partial charge in [-0.25, -0.2) is 17.5 Å². The first kappa shape index (κ1) is 16.0. The fourth-order valence-corrected chi connectivity index (χ4v) is 3.30. The first-order valence-corrected chi connectivity index (χ1v) is 8.03. The topological polar surface area (TPSA) is 72.2 Å². The fourth-order valence-electron chi connectivity index (χ4n) is 1.67. The Morgan fingerprint density at radius 3 is 2.48 bits per heavy atom. The van der Waals surface area contributed by atoms with Crippen molar-refractivity contribution in [1.29, 1.82) is 0 Å². The summed E-state index contributed by atoms with van der Waals surface area (Å²) in [6.45, 7) is -0.0755. The lowest BCUT2D eigenvalue weighted by Crippen LogP contribution is -2.24. The van der Waals surface area contributed by atoms with Crippen molar-refractivity contribution in [3.05, 3.63) is 57.8 Å². The van der Waals surface area contributed by atoms with Crippen molar-refractivity contribution in [3.63, 3.8) is 0 Å². The molecule has 0 unspecified atom stereocenters. The van der Waals surface area contributed by atoms with Gasteiger partial charge in [-0.3, -0.25) is 0 Å². The van der Waals surface area contributed by atoms with Gasteiger partial charge in [0, 0.05) is 17.3 Å². The maximum atomic E-state index is 13.8. The summed E-state index contributed by atoms with van der Waals surface area (Å²) in [5.74, 6) is -1.04. The molecule has 0 spiro atoms. The molecule has 0 amide bonds. The van der Waals surface area contributed by atoms with E-state index in [1.807, 2.05) is 0 Å². The lowest BCUT2D eigenvalue weighted by molar-refractivity contribution is 0.557. The van der Waals surface area contributed by atoms with E-state index in [1.165, 1.54) is 0 Å². The highest BCUT2D eigenvalue weighted by Crippen LogP contribution is 2.26. The van der Waals surface area contributed by atoms with Gasteiger partial charge < -0.3 is 5.73 Å². The van der Waals surface area contributed by atoms with Gasteiger partial charge in [-0.2, -0.15) is 0 Å². The van der Waals surface area contributed by atoms with Gasteiger partial charge in [0.1, 0.15) is 4.90 Å². The van der Waals surface area contributed by atoms with Gasteiger partial charge in [0.05, 0.1) is 5.02 Å². The van der Waals surface area contributed by atoms with Crippen LogP contribution < -0.4 is 10.5 Å². The number of nitrogens with two attached hydrogens (primary N) is 1. The summed E-state index contributed by atoms with van der Waals surface area (Å²) in [7, 11) is -4.10. The summed E-state index contributed by atoms with van der Waals surface area (Å²) in [5, 5.41) is 0.0550. The van der Waals surface area contributed by atoms with Crippen molar-refractivity contribution in [1.82, 2.24) is 4.72 Å². The van der Waals surface area contributed by atoms with E-state index in [4.69, 9.17) is 28.9 Å². The summed E-state index contributed by atoms with van der Waals surface area (Å²) < 4.78 is 40.4. The van der Waals surface area contributed by atoms with Crippen LogP contribution in [0.15, 0.2) is 41.3 Å². The Labute approximate surface area is 131 Å². The van der Waals surface area contributed by atoms with E-state index >= 15 is 0 Å². The minimum absolute atomic E-state index is 0.0551. The summed E-state index contributed by atoms with van der Waals surface area (Å²) in [6.07, 6.45) is 0. The Hall–Kier alpha value is -1.34. The number of nitrogens with one attached hydrogen (secondary N) is 1. The highest BCUT2D eigenvalue weighted by molar-refractivity contribution is 7.89. The van der Waals surface area contributed by atoms with E-state index in [0.29, 0.717) is 10.6 Å². The third-order valence-electron chi connectivity index (χ3n) is 2.72. The van der Waals surface area contributed by atoms with Crippen molar-refractivity contribution >= 4 is 38.9 Å². The van der Waals surface area contributed by atoms with Gasteiger partial charge in [0.2, 0.25) is 10.0 Å². The first-order chi connectivity index (χ1) is 9.81. The van der Waals surface area contributed by atoms with Crippen LogP contribution in [0.3, 0.4) is 0 Å². The molecular weight excluding hydrogens is 338 g/mol. The molecule has 2 rings (SSSR count). The second-order valence-corrected chi connectivity index (χ2v) is 6.78. The number of nitrogen functional groups attached to an aromatic ring is 1. The normalized spacial score (nSPS) is 11.6. The number of hydrogen-bond acceptors (Lipinski definition) is 3. The van der Waals surface area contributed by atoms with Crippen LogP contribution in [0.4, 0.5) is 10.1 Å². The van der Waals surface area contributed by atoms with Crippen LogP contribution in [0, 0.1) is 5.82 Å². The van der Waals surface area contributed by atoms with Crippen LogP contribution in [0.25, 0.3) is 0 Å². The van der Waals surface area contributed by atoms with Gasteiger partial charge >= 0.3 is 0 Å². The fraction of sp³-hybridized carbons (Fsp3) is 0.0769. The third kappa shape index (κ3) is 3.65. The largest absolute Gasteiger partial charge is 0.399 e. The average Bonchev–Trinajstić information content (AvgIpc) is 2.42. The molecule has 2 aromatic rings. The standard InChI is InChI=1S/C13H11Cl2FN2O2S/c14-10-4-2-1-3-8(10)7-18-21(19,20)12-6-9(17)5-11(15)13(12)16/h1-6,18H,7,17H2. The van der Waals surface area contributed by atoms with Crippen LogP contribution in [0.1, 0.15) is 5.56 Å². The van der Waals surface area contributed by atoms with Gasteiger partial charge in [0.15, 0.2) is 5.82 Å². The van der Waals surface area contributed by atoms with Crippen molar-refractivity contribution in [2.24, 2.45) is 0 Å². The monoisotopic (exact) mass is 348 g/mol. The van der Waals surface area contributed by atoms with Crippen LogP contribution in [0.5, 0.6) is 0 Å². The van der Waals surface area contributed by atoms with Crippen LogP contribution >= 0.6 is 23.2 Å². The molecule has 0 saturated carbocycles. The predicted molar refractivity (Wildman–Crippen MR) is 81.3 cm³/mol. The van der Waals surface area contributed by atoms with Gasteiger partial charge in [-0.05, 0) is 23.8 Å². The number of benzene rings is 2. The molecule has 4 nitrogen and oxygen atoms in total.